The van der Waals surface area contributed by atoms with E-state index in [4.69, 9.17) is 10.5 Å². The molecule has 90 valence electrons. The van der Waals surface area contributed by atoms with Gasteiger partial charge in [0.25, 0.3) is 0 Å². The zero-order chi connectivity index (χ0) is 12.4. The van der Waals surface area contributed by atoms with Gasteiger partial charge in [0.15, 0.2) is 11.6 Å². The molecular formula is C12H11BrFNOS. The fourth-order valence-electron chi connectivity index (χ4n) is 1.53. The fraction of sp³-hybridized carbons (Fsp3) is 0.167. The Labute approximate surface area is 111 Å². The summed E-state index contributed by atoms with van der Waals surface area (Å²) in [5.41, 5.74) is 6.95. The summed E-state index contributed by atoms with van der Waals surface area (Å²) in [5, 5.41) is 0. The quantitative estimate of drug-likeness (QED) is 0.937. The van der Waals surface area contributed by atoms with Gasteiger partial charge in [-0.15, -0.1) is 11.3 Å². The van der Waals surface area contributed by atoms with E-state index < -0.39 is 0 Å². The van der Waals surface area contributed by atoms with E-state index >= 15 is 0 Å². The maximum atomic E-state index is 13.3. The largest absolute Gasteiger partial charge is 0.494 e. The minimum absolute atomic E-state index is 0.216. The van der Waals surface area contributed by atoms with Crippen molar-refractivity contribution < 1.29 is 9.13 Å². The Hall–Kier alpha value is -0.910. The summed E-state index contributed by atoms with van der Waals surface area (Å²) in [4.78, 5) is 1.02. The van der Waals surface area contributed by atoms with Crippen molar-refractivity contribution in [2.75, 3.05) is 7.11 Å². The van der Waals surface area contributed by atoms with E-state index in [1.54, 1.807) is 23.5 Å². The smallest absolute Gasteiger partial charge is 0.165 e. The van der Waals surface area contributed by atoms with Crippen molar-refractivity contribution in [2.45, 2.75) is 6.04 Å². The number of ether oxygens (including phenoxy) is 1. The van der Waals surface area contributed by atoms with Crippen molar-refractivity contribution in [1.82, 2.24) is 0 Å². The van der Waals surface area contributed by atoms with Crippen LogP contribution in [0, 0.1) is 5.82 Å². The van der Waals surface area contributed by atoms with Gasteiger partial charge in [-0.25, -0.2) is 4.39 Å². The highest BCUT2D eigenvalue weighted by Gasteiger charge is 2.13. The van der Waals surface area contributed by atoms with E-state index in [2.05, 4.69) is 15.9 Å². The second-order valence-corrected chi connectivity index (χ2v) is 6.01. The number of halogens is 2. The molecule has 17 heavy (non-hydrogen) atoms. The SMILES string of the molecule is COc1cc(C(N)c2ccc(Br)s2)ccc1F. The molecule has 1 unspecified atom stereocenters. The molecule has 0 saturated heterocycles. The molecule has 0 aliphatic rings. The predicted molar refractivity (Wildman–Crippen MR) is 71.0 cm³/mol. The van der Waals surface area contributed by atoms with Crippen LogP contribution in [-0.2, 0) is 0 Å². The van der Waals surface area contributed by atoms with E-state index in [1.807, 2.05) is 12.1 Å². The Morgan fingerprint density at radius 2 is 2.12 bits per heavy atom. The third-order valence-corrected chi connectivity index (χ3v) is 4.14. The summed E-state index contributed by atoms with van der Waals surface area (Å²) >= 11 is 4.96. The number of benzene rings is 1. The first-order valence-electron chi connectivity index (χ1n) is 4.96. The summed E-state index contributed by atoms with van der Waals surface area (Å²) in [6.45, 7) is 0. The van der Waals surface area contributed by atoms with E-state index in [0.717, 1.165) is 14.2 Å². The third-order valence-electron chi connectivity index (χ3n) is 2.43. The Balaban J connectivity index is 2.34. The standard InChI is InChI=1S/C12H11BrFNOS/c1-16-9-6-7(2-3-8(9)14)12(15)10-4-5-11(13)17-10/h2-6,12H,15H2,1H3. The van der Waals surface area contributed by atoms with Crippen LogP contribution in [0.1, 0.15) is 16.5 Å². The second-order valence-electron chi connectivity index (χ2n) is 3.51. The average molecular weight is 316 g/mol. The zero-order valence-electron chi connectivity index (χ0n) is 9.11. The van der Waals surface area contributed by atoms with Gasteiger partial charge in [0, 0.05) is 4.88 Å². The Morgan fingerprint density at radius 3 is 2.71 bits per heavy atom. The molecule has 2 N–H and O–H groups in total. The molecule has 0 amide bonds. The number of methoxy groups -OCH3 is 1. The molecule has 2 aromatic rings. The van der Waals surface area contributed by atoms with Gasteiger partial charge in [0.2, 0.25) is 0 Å². The lowest BCUT2D eigenvalue weighted by Crippen LogP contribution is -2.10. The van der Waals surface area contributed by atoms with Crippen molar-refractivity contribution in [3.8, 4) is 5.75 Å². The third kappa shape index (κ3) is 2.68. The van der Waals surface area contributed by atoms with Gasteiger partial charge in [0.1, 0.15) is 0 Å². The van der Waals surface area contributed by atoms with Gasteiger partial charge in [-0.1, -0.05) is 6.07 Å². The van der Waals surface area contributed by atoms with Crippen LogP contribution in [0.3, 0.4) is 0 Å². The maximum absolute atomic E-state index is 13.3. The number of rotatable bonds is 3. The van der Waals surface area contributed by atoms with Crippen LogP contribution < -0.4 is 10.5 Å². The van der Waals surface area contributed by atoms with Crippen molar-refractivity contribution in [2.24, 2.45) is 5.73 Å². The van der Waals surface area contributed by atoms with Crippen LogP contribution in [0.15, 0.2) is 34.1 Å². The van der Waals surface area contributed by atoms with Gasteiger partial charge in [-0.3, -0.25) is 0 Å². The lowest BCUT2D eigenvalue weighted by atomic mass is 10.1. The predicted octanol–water partition coefficient (Wildman–Crippen LogP) is 3.71. The highest BCUT2D eigenvalue weighted by Crippen LogP contribution is 2.31. The molecule has 1 heterocycles. The molecular weight excluding hydrogens is 305 g/mol. The minimum Gasteiger partial charge on any atom is -0.494 e. The van der Waals surface area contributed by atoms with Crippen LogP contribution in [0.5, 0.6) is 5.75 Å². The fourth-order valence-corrected chi connectivity index (χ4v) is 2.98. The van der Waals surface area contributed by atoms with E-state index in [1.165, 1.54) is 13.2 Å². The van der Waals surface area contributed by atoms with Crippen molar-refractivity contribution in [3.05, 3.63) is 50.4 Å². The normalized spacial score (nSPS) is 12.5. The minimum atomic E-state index is -0.379. The molecule has 0 spiro atoms. The lowest BCUT2D eigenvalue weighted by Gasteiger charge is -2.11. The number of hydrogen-bond acceptors (Lipinski definition) is 3. The van der Waals surface area contributed by atoms with Crippen molar-refractivity contribution >= 4 is 27.3 Å². The number of hydrogen-bond donors (Lipinski definition) is 1. The summed E-state index contributed by atoms with van der Waals surface area (Å²) < 4.78 is 19.2. The highest BCUT2D eigenvalue weighted by molar-refractivity contribution is 9.11. The molecule has 0 fully saturated rings. The molecule has 1 aromatic heterocycles. The summed E-state index contributed by atoms with van der Waals surface area (Å²) in [6, 6.07) is 8.32. The molecule has 0 radical (unpaired) electrons. The highest BCUT2D eigenvalue weighted by atomic mass is 79.9. The molecule has 0 aliphatic carbocycles. The molecule has 2 rings (SSSR count). The van der Waals surface area contributed by atoms with E-state index in [-0.39, 0.29) is 17.6 Å². The molecule has 1 aromatic carbocycles. The van der Waals surface area contributed by atoms with Gasteiger partial charge in [0.05, 0.1) is 16.9 Å². The average Bonchev–Trinajstić information content (AvgIpc) is 2.75. The van der Waals surface area contributed by atoms with Gasteiger partial charge >= 0.3 is 0 Å². The Kier molecular flexibility index (Phi) is 3.81. The molecule has 1 atom stereocenters. The van der Waals surface area contributed by atoms with Gasteiger partial charge < -0.3 is 10.5 Å². The van der Waals surface area contributed by atoms with Crippen LogP contribution >= 0.6 is 27.3 Å². The second kappa shape index (κ2) is 5.16. The first-order valence-corrected chi connectivity index (χ1v) is 6.57. The Morgan fingerprint density at radius 1 is 1.35 bits per heavy atom. The molecule has 0 bridgehead atoms. The molecule has 5 heteroatoms. The summed E-state index contributed by atoms with van der Waals surface area (Å²) in [7, 11) is 1.44. The van der Waals surface area contributed by atoms with Crippen LogP contribution in [0.2, 0.25) is 0 Å². The van der Waals surface area contributed by atoms with Crippen LogP contribution in [0.25, 0.3) is 0 Å². The summed E-state index contributed by atoms with van der Waals surface area (Å²) in [6.07, 6.45) is 0. The topological polar surface area (TPSA) is 35.2 Å². The van der Waals surface area contributed by atoms with Crippen molar-refractivity contribution in [1.29, 1.82) is 0 Å². The first-order chi connectivity index (χ1) is 8.11. The zero-order valence-corrected chi connectivity index (χ0v) is 11.5. The number of nitrogens with two attached hydrogens (primary N) is 1. The Bertz CT molecular complexity index is 529. The maximum Gasteiger partial charge on any atom is 0.165 e. The lowest BCUT2D eigenvalue weighted by molar-refractivity contribution is 0.385. The number of thiophene rings is 1. The molecule has 2 nitrogen and oxygen atoms in total. The van der Waals surface area contributed by atoms with Gasteiger partial charge in [-0.05, 0) is 45.8 Å². The van der Waals surface area contributed by atoms with Gasteiger partial charge in [-0.2, -0.15) is 0 Å². The van der Waals surface area contributed by atoms with Crippen LogP contribution in [-0.4, -0.2) is 7.11 Å². The van der Waals surface area contributed by atoms with Crippen LogP contribution in [0.4, 0.5) is 4.39 Å². The van der Waals surface area contributed by atoms with Crippen molar-refractivity contribution in [3.63, 3.8) is 0 Å². The summed E-state index contributed by atoms with van der Waals surface area (Å²) in [5.74, 6) is -0.163. The molecule has 0 saturated carbocycles. The first kappa shape index (κ1) is 12.5. The molecule has 0 aliphatic heterocycles. The monoisotopic (exact) mass is 315 g/mol. The van der Waals surface area contributed by atoms with E-state index in [0.29, 0.717) is 0 Å². The van der Waals surface area contributed by atoms with E-state index in [9.17, 15) is 4.39 Å².